The van der Waals surface area contributed by atoms with Crippen LogP contribution in [0.1, 0.15) is 73.1 Å². The molecule has 1 fully saturated rings. The average molecular weight is 415 g/mol. The molecule has 3 rings (SSSR count). The van der Waals surface area contributed by atoms with Crippen molar-refractivity contribution in [3.8, 4) is 0 Å². The molecule has 0 aromatic carbocycles. The lowest BCUT2D eigenvalue weighted by Crippen LogP contribution is -2.37. The van der Waals surface area contributed by atoms with E-state index in [1.807, 2.05) is 43.9 Å². The van der Waals surface area contributed by atoms with Crippen molar-refractivity contribution in [1.29, 1.82) is 0 Å². The first-order valence-electron chi connectivity index (χ1n) is 10.2. The number of carbonyl (C=O) groups is 2. The molecule has 3 heterocycles. The van der Waals surface area contributed by atoms with E-state index in [0.29, 0.717) is 12.2 Å². The average Bonchev–Trinajstić information content (AvgIpc) is 3.15. The fourth-order valence-electron chi connectivity index (χ4n) is 3.55. The lowest BCUT2D eigenvalue weighted by molar-refractivity contribution is -0.117. The number of hydrogen-bond acceptors (Lipinski definition) is 5. The molecule has 0 bridgehead atoms. The van der Waals surface area contributed by atoms with Crippen molar-refractivity contribution >= 4 is 29.0 Å². The zero-order chi connectivity index (χ0) is 21.0. The van der Waals surface area contributed by atoms with Crippen molar-refractivity contribution in [2.24, 2.45) is 5.41 Å². The maximum Gasteiger partial charge on any atom is 0.263 e. The molecule has 156 valence electrons. The van der Waals surface area contributed by atoms with Gasteiger partial charge in [0.25, 0.3) is 5.91 Å². The molecule has 2 aromatic rings. The molecular formula is C22H30N4O2S. The summed E-state index contributed by atoms with van der Waals surface area (Å²) in [5.41, 5.74) is 0.863. The monoisotopic (exact) mass is 414 g/mol. The largest absolute Gasteiger partial charge is 0.338 e. The Bertz CT molecular complexity index is 864. The van der Waals surface area contributed by atoms with Crippen molar-refractivity contribution in [2.75, 3.05) is 18.4 Å². The second-order valence-corrected chi connectivity index (χ2v) is 9.97. The van der Waals surface area contributed by atoms with Crippen LogP contribution in [0.25, 0.3) is 0 Å². The minimum Gasteiger partial charge on any atom is -0.338 e. The summed E-state index contributed by atoms with van der Waals surface area (Å²) in [5, 5.41) is 2.88. The summed E-state index contributed by atoms with van der Waals surface area (Å²) in [5.74, 6) is 0.916. The second-order valence-electron chi connectivity index (χ2n) is 8.80. The van der Waals surface area contributed by atoms with Gasteiger partial charge in [0.2, 0.25) is 5.91 Å². The fourth-order valence-corrected chi connectivity index (χ4v) is 4.47. The maximum atomic E-state index is 12.7. The molecule has 2 amide bonds. The van der Waals surface area contributed by atoms with E-state index >= 15 is 0 Å². The van der Waals surface area contributed by atoms with Gasteiger partial charge >= 0.3 is 0 Å². The van der Waals surface area contributed by atoms with Gasteiger partial charge in [-0.3, -0.25) is 9.59 Å². The van der Waals surface area contributed by atoms with E-state index in [1.165, 1.54) is 11.2 Å². The molecule has 0 atom stereocenters. The van der Waals surface area contributed by atoms with E-state index in [1.54, 1.807) is 11.3 Å². The summed E-state index contributed by atoms with van der Waals surface area (Å²) >= 11 is 1.59. The fraction of sp³-hybridized carbons (Fsp3) is 0.545. The number of amides is 2. The quantitative estimate of drug-likeness (QED) is 0.782. The lowest BCUT2D eigenvalue weighted by Gasteiger charge is -2.31. The van der Waals surface area contributed by atoms with Crippen molar-refractivity contribution in [1.82, 2.24) is 14.9 Å². The number of aryl methyl sites for hydroxylation is 1. The van der Waals surface area contributed by atoms with Crippen LogP contribution >= 0.6 is 11.3 Å². The van der Waals surface area contributed by atoms with Crippen molar-refractivity contribution in [3.63, 3.8) is 0 Å². The highest BCUT2D eigenvalue weighted by molar-refractivity contribution is 7.14. The molecule has 0 saturated carbocycles. The Morgan fingerprint density at radius 2 is 1.93 bits per heavy atom. The van der Waals surface area contributed by atoms with Gasteiger partial charge in [-0.2, -0.15) is 0 Å². The minimum absolute atomic E-state index is 0.0371. The predicted octanol–water partition coefficient (Wildman–Crippen LogP) is 4.50. The molecule has 0 spiro atoms. The molecule has 2 aromatic heterocycles. The summed E-state index contributed by atoms with van der Waals surface area (Å²) in [7, 11) is 0. The highest BCUT2D eigenvalue weighted by Crippen LogP contribution is 2.29. The SMILES string of the molecule is CCc1ccc(C(=O)N2CCC(c3cc(NC(=O)CC(C)(C)C)ncn3)CC2)s1. The Hall–Kier alpha value is -2.28. The van der Waals surface area contributed by atoms with Gasteiger partial charge in [0.1, 0.15) is 12.1 Å². The molecular weight excluding hydrogens is 384 g/mol. The molecule has 0 unspecified atom stereocenters. The van der Waals surface area contributed by atoms with Crippen LogP contribution in [0.4, 0.5) is 5.82 Å². The first-order chi connectivity index (χ1) is 13.7. The van der Waals surface area contributed by atoms with Gasteiger partial charge in [-0.25, -0.2) is 9.97 Å². The molecule has 0 radical (unpaired) electrons. The Kier molecular flexibility index (Phi) is 6.67. The summed E-state index contributed by atoms with van der Waals surface area (Å²) < 4.78 is 0. The van der Waals surface area contributed by atoms with Crippen LogP contribution in [0, 0.1) is 5.41 Å². The first-order valence-corrected chi connectivity index (χ1v) is 11.1. The Morgan fingerprint density at radius 1 is 1.21 bits per heavy atom. The molecule has 1 aliphatic rings. The van der Waals surface area contributed by atoms with Gasteiger partial charge in [-0.1, -0.05) is 27.7 Å². The number of thiophene rings is 1. The second kappa shape index (κ2) is 9.03. The van der Waals surface area contributed by atoms with Gasteiger partial charge in [0.15, 0.2) is 0 Å². The van der Waals surface area contributed by atoms with Crippen molar-refractivity contribution in [2.45, 2.75) is 59.3 Å². The van der Waals surface area contributed by atoms with E-state index in [2.05, 4.69) is 22.2 Å². The van der Waals surface area contributed by atoms with Gasteiger partial charge in [-0.05, 0) is 36.8 Å². The van der Waals surface area contributed by atoms with E-state index in [-0.39, 0.29) is 23.1 Å². The molecule has 1 aliphatic heterocycles. The number of nitrogens with one attached hydrogen (secondary N) is 1. The van der Waals surface area contributed by atoms with E-state index in [4.69, 9.17) is 0 Å². The molecule has 6 nitrogen and oxygen atoms in total. The topological polar surface area (TPSA) is 75.2 Å². The third kappa shape index (κ3) is 5.85. The normalized spacial score (nSPS) is 15.4. The summed E-state index contributed by atoms with van der Waals surface area (Å²) in [4.78, 5) is 37.5. The van der Waals surface area contributed by atoms with Gasteiger partial charge < -0.3 is 10.2 Å². The highest BCUT2D eigenvalue weighted by atomic mass is 32.1. The molecule has 1 N–H and O–H groups in total. The summed E-state index contributed by atoms with van der Waals surface area (Å²) in [6.45, 7) is 9.65. The number of hydrogen-bond donors (Lipinski definition) is 1. The number of anilines is 1. The zero-order valence-corrected chi connectivity index (χ0v) is 18.5. The van der Waals surface area contributed by atoms with Crippen molar-refractivity contribution < 1.29 is 9.59 Å². The van der Waals surface area contributed by atoms with Crippen LogP contribution in [-0.4, -0.2) is 39.8 Å². The van der Waals surface area contributed by atoms with Crippen LogP contribution in [0.5, 0.6) is 0 Å². The third-order valence-corrected chi connectivity index (χ3v) is 6.29. The number of nitrogens with zero attached hydrogens (tertiary/aromatic N) is 3. The Morgan fingerprint density at radius 3 is 2.55 bits per heavy atom. The molecule has 1 saturated heterocycles. The number of piperidine rings is 1. The number of carbonyl (C=O) groups excluding carboxylic acids is 2. The Balaban J connectivity index is 1.58. The number of aromatic nitrogens is 2. The predicted molar refractivity (Wildman–Crippen MR) is 116 cm³/mol. The van der Waals surface area contributed by atoms with E-state index < -0.39 is 0 Å². The molecule has 0 aliphatic carbocycles. The number of rotatable bonds is 5. The zero-order valence-electron chi connectivity index (χ0n) is 17.7. The van der Waals surface area contributed by atoms with Crippen LogP contribution in [-0.2, 0) is 11.2 Å². The molecule has 29 heavy (non-hydrogen) atoms. The van der Waals surface area contributed by atoms with Crippen LogP contribution in [0.2, 0.25) is 0 Å². The van der Waals surface area contributed by atoms with Crippen LogP contribution in [0.3, 0.4) is 0 Å². The van der Waals surface area contributed by atoms with E-state index in [9.17, 15) is 9.59 Å². The van der Waals surface area contributed by atoms with Crippen LogP contribution < -0.4 is 5.32 Å². The highest BCUT2D eigenvalue weighted by Gasteiger charge is 2.26. The van der Waals surface area contributed by atoms with Crippen molar-refractivity contribution in [3.05, 3.63) is 40.0 Å². The first kappa shape index (κ1) is 21.4. The summed E-state index contributed by atoms with van der Waals surface area (Å²) in [6, 6.07) is 5.85. The lowest BCUT2D eigenvalue weighted by atomic mass is 9.92. The van der Waals surface area contributed by atoms with Gasteiger partial charge in [-0.15, -0.1) is 11.3 Å². The maximum absolute atomic E-state index is 12.7. The van der Waals surface area contributed by atoms with Crippen LogP contribution in [0.15, 0.2) is 24.5 Å². The van der Waals surface area contributed by atoms with E-state index in [0.717, 1.165) is 42.9 Å². The Labute approximate surface area is 176 Å². The molecule has 7 heteroatoms. The standard InChI is InChI=1S/C22H30N4O2S/c1-5-16-6-7-18(29-16)21(28)26-10-8-15(9-11-26)17-12-19(24-14-23-17)25-20(27)13-22(2,3)4/h6-7,12,14-15H,5,8-11,13H2,1-4H3,(H,23,24,25,27). The van der Waals surface area contributed by atoms with Gasteiger partial charge in [0.05, 0.1) is 4.88 Å². The minimum atomic E-state index is -0.0697. The third-order valence-electron chi connectivity index (χ3n) is 5.07. The smallest absolute Gasteiger partial charge is 0.263 e. The van der Waals surface area contributed by atoms with Gasteiger partial charge in [0, 0.05) is 42.1 Å². The number of likely N-dealkylation sites (tertiary alicyclic amines) is 1. The summed E-state index contributed by atoms with van der Waals surface area (Å²) in [6.07, 6.45) is 4.64.